The number of amides is 1. The lowest BCUT2D eigenvalue weighted by Crippen LogP contribution is -2.39. The molecule has 0 aliphatic carbocycles. The molecule has 0 N–H and O–H groups in total. The number of hydrogen-bond acceptors (Lipinski definition) is 4. The second-order valence-electron chi connectivity index (χ2n) is 6.79. The van der Waals surface area contributed by atoms with Gasteiger partial charge in [-0.15, -0.1) is 11.8 Å². The van der Waals surface area contributed by atoms with Gasteiger partial charge in [0, 0.05) is 29.8 Å². The van der Waals surface area contributed by atoms with E-state index in [1.54, 1.807) is 11.8 Å². The van der Waals surface area contributed by atoms with Gasteiger partial charge < -0.3 is 9.32 Å². The molecule has 27 heavy (non-hydrogen) atoms. The Labute approximate surface area is 167 Å². The Balaban J connectivity index is 1.25. The van der Waals surface area contributed by atoms with Gasteiger partial charge in [-0.25, -0.2) is 4.98 Å². The third-order valence-electron chi connectivity index (χ3n) is 4.91. The lowest BCUT2D eigenvalue weighted by atomic mass is 9.97. The first-order chi connectivity index (χ1) is 13.2. The van der Waals surface area contributed by atoms with E-state index >= 15 is 0 Å². The zero-order chi connectivity index (χ0) is 18.6. The fourth-order valence-corrected chi connectivity index (χ4v) is 4.38. The summed E-state index contributed by atoms with van der Waals surface area (Å²) in [6.45, 7) is 1.54. The second-order valence-corrected chi connectivity index (χ2v) is 8.22. The van der Waals surface area contributed by atoms with Crippen LogP contribution in [0.25, 0.3) is 11.1 Å². The van der Waals surface area contributed by atoms with Crippen molar-refractivity contribution < 1.29 is 9.21 Å². The van der Waals surface area contributed by atoms with Crippen LogP contribution in [0.4, 0.5) is 0 Å². The lowest BCUT2D eigenvalue weighted by molar-refractivity contribution is -0.129. The average Bonchev–Trinajstić information content (AvgIpc) is 3.14. The van der Waals surface area contributed by atoms with E-state index in [0.717, 1.165) is 53.7 Å². The van der Waals surface area contributed by atoms with Crippen molar-refractivity contribution in [2.75, 3.05) is 18.8 Å². The molecule has 1 aliphatic heterocycles. The van der Waals surface area contributed by atoms with Crippen molar-refractivity contribution in [1.29, 1.82) is 0 Å². The standard InChI is InChI=1S/C21H21ClN2O2S/c22-17-7-5-15(6-8-17)13-27-14-20(25)24-11-9-16(10-12-24)21-23-18-3-1-2-4-19(18)26-21/h1-8,16H,9-14H2. The Morgan fingerprint density at radius 3 is 2.63 bits per heavy atom. The number of benzene rings is 2. The summed E-state index contributed by atoms with van der Waals surface area (Å²) < 4.78 is 5.90. The van der Waals surface area contributed by atoms with Gasteiger partial charge >= 0.3 is 0 Å². The molecular weight excluding hydrogens is 380 g/mol. The number of likely N-dealkylation sites (tertiary alicyclic amines) is 1. The van der Waals surface area contributed by atoms with E-state index in [1.807, 2.05) is 53.4 Å². The van der Waals surface area contributed by atoms with Crippen LogP contribution in [0.1, 0.15) is 30.2 Å². The van der Waals surface area contributed by atoms with Crippen LogP contribution in [0, 0.1) is 0 Å². The summed E-state index contributed by atoms with van der Waals surface area (Å²) in [4.78, 5) is 19.0. The van der Waals surface area contributed by atoms with E-state index < -0.39 is 0 Å². The van der Waals surface area contributed by atoms with E-state index in [1.165, 1.54) is 5.56 Å². The Bertz CT molecular complexity index is 884. The number of halogens is 1. The van der Waals surface area contributed by atoms with Gasteiger partial charge in [-0.2, -0.15) is 0 Å². The van der Waals surface area contributed by atoms with Crippen molar-refractivity contribution in [3.63, 3.8) is 0 Å². The SMILES string of the molecule is O=C(CSCc1ccc(Cl)cc1)N1CCC(c2nc3ccccc3o2)CC1. The van der Waals surface area contributed by atoms with Crippen LogP contribution in [0.2, 0.25) is 5.02 Å². The second kappa shape index (κ2) is 8.36. The Hall–Kier alpha value is -1.98. The predicted octanol–water partition coefficient (Wildman–Crippen LogP) is 5.12. The number of rotatable bonds is 5. The summed E-state index contributed by atoms with van der Waals surface area (Å²) >= 11 is 7.55. The van der Waals surface area contributed by atoms with Gasteiger partial charge in [-0.1, -0.05) is 35.9 Å². The highest BCUT2D eigenvalue weighted by molar-refractivity contribution is 7.99. The van der Waals surface area contributed by atoms with Crippen molar-refractivity contribution in [2.24, 2.45) is 0 Å². The van der Waals surface area contributed by atoms with Crippen LogP contribution in [0.5, 0.6) is 0 Å². The first-order valence-corrected chi connectivity index (χ1v) is 10.7. The molecule has 140 valence electrons. The molecule has 1 fully saturated rings. The molecule has 0 unspecified atom stereocenters. The quantitative estimate of drug-likeness (QED) is 0.596. The molecule has 0 spiro atoms. The number of carbonyl (C=O) groups is 1. The molecule has 0 bridgehead atoms. The van der Waals surface area contributed by atoms with Crippen molar-refractivity contribution >= 4 is 40.4 Å². The number of fused-ring (bicyclic) bond motifs is 1. The van der Waals surface area contributed by atoms with Gasteiger partial charge in [0.2, 0.25) is 5.91 Å². The molecule has 4 nitrogen and oxygen atoms in total. The lowest BCUT2D eigenvalue weighted by Gasteiger charge is -2.30. The fraction of sp³-hybridized carbons (Fsp3) is 0.333. The molecule has 2 aromatic carbocycles. The summed E-state index contributed by atoms with van der Waals surface area (Å²) in [6, 6.07) is 15.6. The third kappa shape index (κ3) is 4.47. The maximum Gasteiger partial charge on any atom is 0.232 e. The maximum absolute atomic E-state index is 12.5. The van der Waals surface area contributed by atoms with Crippen LogP contribution in [-0.2, 0) is 10.5 Å². The molecule has 2 heterocycles. The summed E-state index contributed by atoms with van der Waals surface area (Å²) in [7, 11) is 0. The summed E-state index contributed by atoms with van der Waals surface area (Å²) in [5.41, 5.74) is 2.93. The number of para-hydroxylation sites is 2. The fourth-order valence-electron chi connectivity index (χ4n) is 3.37. The Kier molecular flexibility index (Phi) is 5.69. The van der Waals surface area contributed by atoms with Gasteiger partial charge in [0.25, 0.3) is 0 Å². The monoisotopic (exact) mass is 400 g/mol. The number of aromatic nitrogens is 1. The normalized spacial score (nSPS) is 15.4. The molecule has 1 aliphatic rings. The van der Waals surface area contributed by atoms with E-state index in [9.17, 15) is 4.79 Å². The number of carbonyl (C=O) groups excluding carboxylic acids is 1. The van der Waals surface area contributed by atoms with Crippen molar-refractivity contribution in [3.8, 4) is 0 Å². The van der Waals surface area contributed by atoms with Crippen molar-refractivity contribution in [3.05, 3.63) is 65.0 Å². The van der Waals surface area contributed by atoms with Crippen LogP contribution in [-0.4, -0.2) is 34.6 Å². The third-order valence-corrected chi connectivity index (χ3v) is 6.16. The van der Waals surface area contributed by atoms with Crippen LogP contribution < -0.4 is 0 Å². The van der Waals surface area contributed by atoms with E-state index in [-0.39, 0.29) is 5.91 Å². The maximum atomic E-state index is 12.5. The van der Waals surface area contributed by atoms with Gasteiger partial charge in [0.05, 0.1) is 5.75 Å². The zero-order valence-electron chi connectivity index (χ0n) is 14.9. The molecule has 3 aromatic rings. The minimum atomic E-state index is 0.213. The van der Waals surface area contributed by atoms with Gasteiger partial charge in [0.15, 0.2) is 11.5 Å². The number of nitrogens with zero attached hydrogens (tertiary/aromatic N) is 2. The molecule has 4 rings (SSSR count). The van der Waals surface area contributed by atoms with Crippen molar-refractivity contribution in [2.45, 2.75) is 24.5 Å². The number of oxazole rings is 1. The minimum Gasteiger partial charge on any atom is -0.440 e. The number of piperidine rings is 1. The van der Waals surface area contributed by atoms with Gasteiger partial charge in [-0.05, 0) is 42.7 Å². The molecule has 0 atom stereocenters. The van der Waals surface area contributed by atoms with Crippen LogP contribution in [0.15, 0.2) is 52.9 Å². The summed E-state index contributed by atoms with van der Waals surface area (Å²) in [6.07, 6.45) is 1.81. The van der Waals surface area contributed by atoms with Gasteiger partial charge in [-0.3, -0.25) is 4.79 Å². The van der Waals surface area contributed by atoms with Gasteiger partial charge in [0.1, 0.15) is 5.52 Å². The highest BCUT2D eigenvalue weighted by Crippen LogP contribution is 2.30. The Morgan fingerprint density at radius 1 is 1.15 bits per heavy atom. The molecule has 6 heteroatoms. The largest absolute Gasteiger partial charge is 0.440 e. The minimum absolute atomic E-state index is 0.213. The summed E-state index contributed by atoms with van der Waals surface area (Å²) in [5, 5.41) is 0.738. The molecule has 0 saturated carbocycles. The van der Waals surface area contributed by atoms with E-state index in [2.05, 4.69) is 4.98 Å². The first kappa shape index (κ1) is 18.4. The highest BCUT2D eigenvalue weighted by Gasteiger charge is 2.26. The topological polar surface area (TPSA) is 46.3 Å². The van der Waals surface area contributed by atoms with Crippen LogP contribution in [0.3, 0.4) is 0 Å². The molecule has 1 amide bonds. The average molecular weight is 401 g/mol. The van der Waals surface area contributed by atoms with E-state index in [4.69, 9.17) is 16.0 Å². The van der Waals surface area contributed by atoms with Crippen molar-refractivity contribution in [1.82, 2.24) is 9.88 Å². The molecule has 1 saturated heterocycles. The van der Waals surface area contributed by atoms with Crippen LogP contribution >= 0.6 is 23.4 Å². The molecule has 0 radical (unpaired) electrons. The molecular formula is C21H21ClN2O2S. The Morgan fingerprint density at radius 2 is 1.89 bits per heavy atom. The predicted molar refractivity (Wildman–Crippen MR) is 110 cm³/mol. The highest BCUT2D eigenvalue weighted by atomic mass is 35.5. The van der Waals surface area contributed by atoms with E-state index in [0.29, 0.717) is 11.7 Å². The first-order valence-electron chi connectivity index (χ1n) is 9.14. The molecule has 1 aromatic heterocycles. The zero-order valence-corrected chi connectivity index (χ0v) is 16.5. The number of thioether (sulfide) groups is 1. The number of hydrogen-bond donors (Lipinski definition) is 0. The smallest absolute Gasteiger partial charge is 0.232 e. The summed E-state index contributed by atoms with van der Waals surface area (Å²) in [5.74, 6) is 2.65.